The molecular formula is C10H11Cl2N3O2. The van der Waals surface area contributed by atoms with E-state index in [1.54, 1.807) is 36.4 Å². The van der Waals surface area contributed by atoms with Gasteiger partial charge in [0.2, 0.25) is 0 Å². The van der Waals surface area contributed by atoms with Crippen LogP contribution in [0.3, 0.4) is 0 Å². The van der Waals surface area contributed by atoms with Crippen LogP contribution in [0.2, 0.25) is 0 Å². The highest BCUT2D eigenvalue weighted by molar-refractivity contribution is 5.94. The zero-order chi connectivity index (χ0) is 10.8. The molecule has 0 atom stereocenters. The number of aromatic nitrogens is 3. The van der Waals surface area contributed by atoms with E-state index in [2.05, 4.69) is 10.1 Å². The number of nitrogens with zero attached hydrogens (tertiary/aromatic N) is 3. The lowest BCUT2D eigenvalue weighted by Crippen LogP contribution is -2.00. The second-order valence-corrected chi connectivity index (χ2v) is 3.11. The maximum atomic E-state index is 10.9. The van der Waals surface area contributed by atoms with Crippen molar-refractivity contribution >= 4 is 30.8 Å². The van der Waals surface area contributed by atoms with Crippen molar-refractivity contribution in [2.24, 2.45) is 7.05 Å². The highest BCUT2D eigenvalue weighted by Gasteiger charge is 2.13. The lowest BCUT2D eigenvalue weighted by atomic mass is 10.1. The first-order valence-electron chi connectivity index (χ1n) is 4.36. The number of halogens is 2. The molecule has 0 aliphatic heterocycles. The molecule has 5 nitrogen and oxygen atoms in total. The van der Waals surface area contributed by atoms with E-state index in [0.717, 1.165) is 0 Å². The van der Waals surface area contributed by atoms with E-state index in [9.17, 15) is 4.79 Å². The Morgan fingerprint density at radius 3 is 2.65 bits per heavy atom. The molecule has 92 valence electrons. The Kier molecular flexibility index (Phi) is 5.64. The fraction of sp³-hybridized carbons (Fsp3) is 0.100. The van der Waals surface area contributed by atoms with Gasteiger partial charge >= 0.3 is 5.97 Å². The number of aryl methyl sites for hydroxylation is 1. The minimum Gasteiger partial charge on any atom is -0.478 e. The normalized spacial score (nSPS) is 9.00. The number of pyridine rings is 1. The van der Waals surface area contributed by atoms with Gasteiger partial charge in [0.1, 0.15) is 0 Å². The molecule has 0 radical (unpaired) electrons. The Balaban J connectivity index is 0.00000128. The minimum absolute atomic E-state index is 0. The first kappa shape index (κ1) is 15.4. The predicted octanol–water partition coefficient (Wildman–Crippen LogP) is 2.02. The molecule has 0 saturated carbocycles. The standard InChI is InChI=1S/C10H9N3O2.2ClH/c1-13-6-7(5-12-13)9-8(10(14)15)3-2-4-11-9;;/h2-6H,1H3,(H,14,15);2*1H. The summed E-state index contributed by atoms with van der Waals surface area (Å²) in [6.45, 7) is 0. The average Bonchev–Trinajstić information content (AvgIpc) is 2.65. The third-order valence-corrected chi connectivity index (χ3v) is 2.02. The molecule has 0 aromatic carbocycles. The number of aromatic carboxylic acids is 1. The minimum atomic E-state index is -0.984. The van der Waals surface area contributed by atoms with Crippen molar-refractivity contribution in [1.82, 2.24) is 14.8 Å². The maximum absolute atomic E-state index is 10.9. The number of carboxylic acid groups (broad SMARTS) is 1. The van der Waals surface area contributed by atoms with E-state index in [1.165, 1.54) is 6.07 Å². The van der Waals surface area contributed by atoms with Gasteiger partial charge in [-0.2, -0.15) is 5.10 Å². The summed E-state index contributed by atoms with van der Waals surface area (Å²) in [6.07, 6.45) is 4.89. The molecular weight excluding hydrogens is 265 g/mol. The van der Waals surface area contributed by atoms with Crippen molar-refractivity contribution in [3.8, 4) is 11.3 Å². The summed E-state index contributed by atoms with van der Waals surface area (Å²) in [7, 11) is 1.77. The summed E-state index contributed by atoms with van der Waals surface area (Å²) >= 11 is 0. The van der Waals surface area contributed by atoms with Gasteiger partial charge in [-0.3, -0.25) is 9.67 Å². The fourth-order valence-electron chi connectivity index (χ4n) is 1.35. The van der Waals surface area contributed by atoms with Crippen molar-refractivity contribution in [1.29, 1.82) is 0 Å². The SMILES string of the molecule is Cl.Cl.Cn1cc(-c2ncccc2C(=O)O)cn1. The monoisotopic (exact) mass is 275 g/mol. The van der Waals surface area contributed by atoms with E-state index in [1.807, 2.05) is 0 Å². The molecule has 0 amide bonds. The van der Waals surface area contributed by atoms with Crippen LogP contribution in [0.15, 0.2) is 30.7 Å². The summed E-state index contributed by atoms with van der Waals surface area (Å²) in [5.41, 5.74) is 1.33. The molecule has 7 heteroatoms. The van der Waals surface area contributed by atoms with Crippen molar-refractivity contribution in [3.63, 3.8) is 0 Å². The van der Waals surface area contributed by atoms with Crippen LogP contribution in [-0.4, -0.2) is 25.8 Å². The van der Waals surface area contributed by atoms with Gasteiger partial charge in [-0.25, -0.2) is 4.79 Å². The third-order valence-electron chi connectivity index (χ3n) is 2.02. The van der Waals surface area contributed by atoms with E-state index in [0.29, 0.717) is 11.3 Å². The smallest absolute Gasteiger partial charge is 0.337 e. The molecule has 1 N–H and O–H groups in total. The predicted molar refractivity (Wildman–Crippen MR) is 67.9 cm³/mol. The second-order valence-electron chi connectivity index (χ2n) is 3.11. The van der Waals surface area contributed by atoms with Crippen molar-refractivity contribution in [2.45, 2.75) is 0 Å². The van der Waals surface area contributed by atoms with Crippen LogP contribution in [0.5, 0.6) is 0 Å². The van der Waals surface area contributed by atoms with Crippen LogP contribution in [0.25, 0.3) is 11.3 Å². The van der Waals surface area contributed by atoms with Gasteiger partial charge in [-0.1, -0.05) is 0 Å². The van der Waals surface area contributed by atoms with Gasteiger partial charge < -0.3 is 5.11 Å². The molecule has 0 bridgehead atoms. The quantitative estimate of drug-likeness (QED) is 0.911. The van der Waals surface area contributed by atoms with Gasteiger partial charge in [0.25, 0.3) is 0 Å². The highest BCUT2D eigenvalue weighted by Crippen LogP contribution is 2.19. The van der Waals surface area contributed by atoms with E-state index >= 15 is 0 Å². The first-order chi connectivity index (χ1) is 7.18. The summed E-state index contributed by atoms with van der Waals surface area (Å²) in [5, 5.41) is 12.9. The Bertz CT molecular complexity index is 514. The zero-order valence-corrected chi connectivity index (χ0v) is 10.5. The molecule has 0 saturated heterocycles. The van der Waals surface area contributed by atoms with Crippen LogP contribution in [0, 0.1) is 0 Å². The number of hydrogen-bond donors (Lipinski definition) is 1. The van der Waals surface area contributed by atoms with Crippen molar-refractivity contribution in [3.05, 3.63) is 36.3 Å². The maximum Gasteiger partial charge on any atom is 0.337 e. The van der Waals surface area contributed by atoms with E-state index in [-0.39, 0.29) is 30.4 Å². The van der Waals surface area contributed by atoms with Crippen LogP contribution in [0.1, 0.15) is 10.4 Å². The van der Waals surface area contributed by atoms with Gasteiger partial charge in [-0.05, 0) is 12.1 Å². The van der Waals surface area contributed by atoms with Crippen LogP contribution >= 0.6 is 24.8 Å². The van der Waals surface area contributed by atoms with Crippen LogP contribution in [0.4, 0.5) is 0 Å². The molecule has 2 aromatic rings. The lowest BCUT2D eigenvalue weighted by Gasteiger charge is -2.00. The summed E-state index contributed by atoms with van der Waals surface area (Å²) in [4.78, 5) is 15.0. The molecule has 17 heavy (non-hydrogen) atoms. The third kappa shape index (κ3) is 3.18. The summed E-state index contributed by atoms with van der Waals surface area (Å²) in [6, 6.07) is 3.13. The van der Waals surface area contributed by atoms with E-state index in [4.69, 9.17) is 5.11 Å². The van der Waals surface area contributed by atoms with Crippen LogP contribution in [-0.2, 0) is 7.05 Å². The molecule has 2 heterocycles. The van der Waals surface area contributed by atoms with Gasteiger partial charge in [0.15, 0.2) is 0 Å². The Morgan fingerprint density at radius 2 is 2.12 bits per heavy atom. The molecule has 0 fully saturated rings. The first-order valence-corrected chi connectivity index (χ1v) is 4.36. The van der Waals surface area contributed by atoms with Gasteiger partial charge in [-0.15, -0.1) is 24.8 Å². The van der Waals surface area contributed by atoms with Gasteiger partial charge in [0, 0.05) is 25.0 Å². The zero-order valence-electron chi connectivity index (χ0n) is 8.90. The second kappa shape index (κ2) is 6.22. The fourth-order valence-corrected chi connectivity index (χ4v) is 1.35. The highest BCUT2D eigenvalue weighted by atomic mass is 35.5. The Hall–Kier alpha value is -1.59. The van der Waals surface area contributed by atoms with Gasteiger partial charge in [0.05, 0.1) is 17.5 Å². The topological polar surface area (TPSA) is 68.0 Å². The Labute approximate surface area is 110 Å². The molecule has 0 spiro atoms. The van der Waals surface area contributed by atoms with Crippen molar-refractivity contribution < 1.29 is 9.90 Å². The molecule has 2 aromatic heterocycles. The summed E-state index contributed by atoms with van der Waals surface area (Å²) < 4.78 is 1.61. The molecule has 0 unspecified atom stereocenters. The molecule has 0 aliphatic carbocycles. The number of rotatable bonds is 2. The number of carbonyl (C=O) groups is 1. The largest absolute Gasteiger partial charge is 0.478 e. The summed E-state index contributed by atoms with van der Waals surface area (Å²) in [5.74, 6) is -0.984. The van der Waals surface area contributed by atoms with Crippen LogP contribution < -0.4 is 0 Å². The number of carboxylic acids is 1. The van der Waals surface area contributed by atoms with Crippen molar-refractivity contribution in [2.75, 3.05) is 0 Å². The molecule has 2 rings (SSSR count). The molecule has 0 aliphatic rings. The van der Waals surface area contributed by atoms with E-state index < -0.39 is 5.97 Å². The number of hydrogen-bond acceptors (Lipinski definition) is 3. The lowest BCUT2D eigenvalue weighted by molar-refractivity contribution is 0.0697. The average molecular weight is 276 g/mol. The Morgan fingerprint density at radius 1 is 1.41 bits per heavy atom.